The lowest BCUT2D eigenvalue weighted by Gasteiger charge is -2.25. The van der Waals surface area contributed by atoms with Crippen LogP contribution in [0.4, 0.5) is 0 Å². The Morgan fingerprint density at radius 3 is 2.57 bits per heavy atom. The number of nitrogens with one attached hydrogen (secondary N) is 1. The molecule has 2 aliphatic rings. The normalized spacial score (nSPS) is 31.1. The van der Waals surface area contributed by atoms with Crippen LogP contribution < -0.4 is 5.32 Å². The Kier molecular flexibility index (Phi) is 3.82. The Hall–Kier alpha value is -0.0800. The molecule has 0 spiro atoms. The number of hydrogen-bond acceptors (Lipinski definition) is 2. The Bertz CT molecular complexity index is 160. The van der Waals surface area contributed by atoms with Gasteiger partial charge in [0.2, 0.25) is 0 Å². The van der Waals surface area contributed by atoms with Gasteiger partial charge in [0.05, 0.1) is 6.10 Å². The second kappa shape index (κ2) is 5.13. The third-order valence-corrected chi connectivity index (χ3v) is 3.88. The van der Waals surface area contributed by atoms with Crippen LogP contribution in [-0.2, 0) is 4.74 Å². The van der Waals surface area contributed by atoms with E-state index < -0.39 is 0 Å². The molecule has 1 aliphatic heterocycles. The van der Waals surface area contributed by atoms with E-state index >= 15 is 0 Å². The van der Waals surface area contributed by atoms with Gasteiger partial charge in [-0.2, -0.15) is 0 Å². The van der Waals surface area contributed by atoms with Crippen molar-refractivity contribution in [1.29, 1.82) is 0 Å². The second-order valence-electron chi connectivity index (χ2n) is 4.81. The van der Waals surface area contributed by atoms with Gasteiger partial charge in [-0.05, 0) is 45.1 Å². The number of hydrogen-bond donors (Lipinski definition) is 1. The van der Waals surface area contributed by atoms with E-state index in [1.165, 1.54) is 44.9 Å². The van der Waals surface area contributed by atoms with Crippen molar-refractivity contribution >= 4 is 0 Å². The molecule has 0 aromatic carbocycles. The maximum Gasteiger partial charge on any atom is 0.0590 e. The average Bonchev–Trinajstić information content (AvgIpc) is 2.86. The molecule has 0 amide bonds. The zero-order chi connectivity index (χ0) is 9.80. The fourth-order valence-corrected chi connectivity index (χ4v) is 3.02. The molecule has 2 nitrogen and oxygen atoms in total. The van der Waals surface area contributed by atoms with Gasteiger partial charge in [-0.25, -0.2) is 0 Å². The van der Waals surface area contributed by atoms with E-state index in [4.69, 9.17) is 4.74 Å². The van der Waals surface area contributed by atoms with Gasteiger partial charge in [0.1, 0.15) is 0 Å². The Balaban J connectivity index is 1.79. The van der Waals surface area contributed by atoms with E-state index in [1.807, 2.05) is 0 Å². The zero-order valence-corrected chi connectivity index (χ0v) is 9.30. The first-order valence-corrected chi connectivity index (χ1v) is 6.19. The van der Waals surface area contributed by atoms with Crippen LogP contribution in [0.1, 0.15) is 44.9 Å². The van der Waals surface area contributed by atoms with Crippen molar-refractivity contribution in [3.8, 4) is 0 Å². The highest BCUT2D eigenvalue weighted by atomic mass is 16.5. The summed E-state index contributed by atoms with van der Waals surface area (Å²) in [6, 6.07) is 0.709. The lowest BCUT2D eigenvalue weighted by Crippen LogP contribution is -2.35. The maximum absolute atomic E-state index is 5.70. The van der Waals surface area contributed by atoms with Crippen LogP contribution in [-0.4, -0.2) is 25.8 Å². The van der Waals surface area contributed by atoms with E-state index in [0.717, 1.165) is 12.5 Å². The lowest BCUT2D eigenvalue weighted by atomic mass is 9.92. The summed E-state index contributed by atoms with van der Waals surface area (Å²) < 4.78 is 5.70. The SMILES string of the molecule is CNC(CC1CCCO1)C1CCCC1. The van der Waals surface area contributed by atoms with Gasteiger partial charge in [-0.3, -0.25) is 0 Å². The molecule has 1 saturated carbocycles. The number of rotatable bonds is 4. The van der Waals surface area contributed by atoms with Crippen LogP contribution in [0, 0.1) is 5.92 Å². The summed E-state index contributed by atoms with van der Waals surface area (Å²) in [5.41, 5.74) is 0. The Morgan fingerprint density at radius 2 is 2.00 bits per heavy atom. The van der Waals surface area contributed by atoms with Gasteiger partial charge < -0.3 is 10.1 Å². The quantitative estimate of drug-likeness (QED) is 0.747. The molecule has 1 N–H and O–H groups in total. The van der Waals surface area contributed by atoms with E-state index in [1.54, 1.807) is 0 Å². The largest absolute Gasteiger partial charge is 0.378 e. The third-order valence-electron chi connectivity index (χ3n) is 3.88. The van der Waals surface area contributed by atoms with Crippen LogP contribution >= 0.6 is 0 Å². The van der Waals surface area contributed by atoms with Gasteiger partial charge in [0.15, 0.2) is 0 Å². The summed E-state index contributed by atoms with van der Waals surface area (Å²) >= 11 is 0. The molecule has 2 heteroatoms. The molecule has 1 heterocycles. The molecule has 0 aromatic heterocycles. The molecule has 14 heavy (non-hydrogen) atoms. The fourth-order valence-electron chi connectivity index (χ4n) is 3.02. The minimum atomic E-state index is 0.549. The highest BCUT2D eigenvalue weighted by molar-refractivity contribution is 4.83. The van der Waals surface area contributed by atoms with Crippen LogP contribution in [0.15, 0.2) is 0 Å². The summed E-state index contributed by atoms with van der Waals surface area (Å²) in [6.45, 7) is 0.992. The molecule has 1 aliphatic carbocycles. The highest BCUT2D eigenvalue weighted by Gasteiger charge is 2.27. The summed E-state index contributed by atoms with van der Waals surface area (Å²) in [7, 11) is 2.11. The van der Waals surface area contributed by atoms with Gasteiger partial charge in [0, 0.05) is 12.6 Å². The van der Waals surface area contributed by atoms with Crippen molar-refractivity contribution < 1.29 is 4.74 Å². The van der Waals surface area contributed by atoms with Crippen LogP contribution in [0.3, 0.4) is 0 Å². The summed E-state index contributed by atoms with van der Waals surface area (Å²) in [4.78, 5) is 0. The van der Waals surface area contributed by atoms with Gasteiger partial charge in [-0.15, -0.1) is 0 Å². The monoisotopic (exact) mass is 197 g/mol. The summed E-state index contributed by atoms with van der Waals surface area (Å²) in [5, 5.41) is 3.49. The molecule has 0 aromatic rings. The van der Waals surface area contributed by atoms with E-state index in [0.29, 0.717) is 12.1 Å². The van der Waals surface area contributed by atoms with Crippen LogP contribution in [0.25, 0.3) is 0 Å². The predicted molar refractivity (Wildman–Crippen MR) is 58.4 cm³/mol. The molecule has 2 unspecified atom stereocenters. The van der Waals surface area contributed by atoms with Crippen molar-refractivity contribution in [1.82, 2.24) is 5.32 Å². The molecule has 2 fully saturated rings. The van der Waals surface area contributed by atoms with Crippen molar-refractivity contribution in [3.05, 3.63) is 0 Å². The highest BCUT2D eigenvalue weighted by Crippen LogP contribution is 2.31. The van der Waals surface area contributed by atoms with Crippen molar-refractivity contribution in [2.75, 3.05) is 13.7 Å². The van der Waals surface area contributed by atoms with Crippen LogP contribution in [0.2, 0.25) is 0 Å². The van der Waals surface area contributed by atoms with Gasteiger partial charge in [-0.1, -0.05) is 12.8 Å². The predicted octanol–water partition coefficient (Wildman–Crippen LogP) is 2.33. The van der Waals surface area contributed by atoms with Gasteiger partial charge >= 0.3 is 0 Å². The lowest BCUT2D eigenvalue weighted by molar-refractivity contribution is 0.0882. The second-order valence-corrected chi connectivity index (χ2v) is 4.81. The molecule has 82 valence electrons. The first kappa shape index (κ1) is 10.4. The smallest absolute Gasteiger partial charge is 0.0590 e. The van der Waals surface area contributed by atoms with Crippen molar-refractivity contribution in [3.63, 3.8) is 0 Å². The van der Waals surface area contributed by atoms with Crippen molar-refractivity contribution in [2.24, 2.45) is 5.92 Å². The van der Waals surface area contributed by atoms with E-state index in [-0.39, 0.29) is 0 Å². The van der Waals surface area contributed by atoms with Gasteiger partial charge in [0.25, 0.3) is 0 Å². The topological polar surface area (TPSA) is 21.3 Å². The standard InChI is InChI=1S/C12H23NO/c1-13-12(10-5-2-3-6-10)9-11-7-4-8-14-11/h10-13H,2-9H2,1H3. The summed E-state index contributed by atoms with van der Waals surface area (Å²) in [6.07, 6.45) is 10.1. The minimum Gasteiger partial charge on any atom is -0.378 e. The minimum absolute atomic E-state index is 0.549. The molecule has 2 atom stereocenters. The zero-order valence-electron chi connectivity index (χ0n) is 9.30. The summed E-state index contributed by atoms with van der Waals surface area (Å²) in [5.74, 6) is 0.921. The molecule has 0 radical (unpaired) electrons. The van der Waals surface area contributed by atoms with E-state index in [2.05, 4.69) is 12.4 Å². The van der Waals surface area contributed by atoms with E-state index in [9.17, 15) is 0 Å². The first-order chi connectivity index (χ1) is 6.90. The first-order valence-electron chi connectivity index (χ1n) is 6.19. The maximum atomic E-state index is 5.70. The average molecular weight is 197 g/mol. The van der Waals surface area contributed by atoms with Crippen molar-refractivity contribution in [2.45, 2.75) is 57.1 Å². The third kappa shape index (κ3) is 2.48. The fraction of sp³-hybridized carbons (Fsp3) is 1.00. The molecular formula is C12H23NO. The molecule has 0 bridgehead atoms. The van der Waals surface area contributed by atoms with Crippen LogP contribution in [0.5, 0.6) is 0 Å². The molecule has 1 saturated heterocycles. The Labute approximate surface area is 87.4 Å². The molecular weight excluding hydrogens is 174 g/mol. The Morgan fingerprint density at radius 1 is 1.21 bits per heavy atom. The number of ether oxygens (including phenoxy) is 1. The molecule has 2 rings (SSSR count).